The van der Waals surface area contributed by atoms with E-state index in [0.717, 1.165) is 28.2 Å². The molecule has 8 heteroatoms. The van der Waals surface area contributed by atoms with Gasteiger partial charge < -0.3 is 9.88 Å². The van der Waals surface area contributed by atoms with E-state index < -0.39 is 11.7 Å². The molecule has 4 rings (SSSR count). The number of hydrogen-bond acceptors (Lipinski definition) is 4. The number of halogens is 3. The number of aryl methyl sites for hydroxylation is 2. The maximum absolute atomic E-state index is 13.0. The fourth-order valence-corrected chi connectivity index (χ4v) is 3.75. The minimum atomic E-state index is -4.35. The Balaban J connectivity index is 1.46. The number of nitrogens with zero attached hydrogens (tertiary/aromatic N) is 3. The first-order valence-corrected chi connectivity index (χ1v) is 9.85. The molecule has 0 saturated carbocycles. The Morgan fingerprint density at radius 2 is 1.73 bits per heavy atom. The van der Waals surface area contributed by atoms with Crippen LogP contribution in [0.5, 0.6) is 0 Å². The van der Waals surface area contributed by atoms with Crippen molar-refractivity contribution < 1.29 is 13.2 Å². The minimum Gasteiger partial charge on any atom is -0.369 e. The highest BCUT2D eigenvalue weighted by molar-refractivity contribution is 5.76. The Hall–Kier alpha value is -2.87. The summed E-state index contributed by atoms with van der Waals surface area (Å²) in [6.45, 7) is 6.87. The van der Waals surface area contributed by atoms with E-state index in [0.29, 0.717) is 44.1 Å². The number of H-pyrrole nitrogens is 1. The topological polar surface area (TPSA) is 52.2 Å². The van der Waals surface area contributed by atoms with Crippen molar-refractivity contribution in [2.45, 2.75) is 26.6 Å². The third-order valence-corrected chi connectivity index (χ3v) is 5.66. The van der Waals surface area contributed by atoms with E-state index in [2.05, 4.69) is 14.9 Å². The highest BCUT2D eigenvalue weighted by Crippen LogP contribution is 2.31. The third kappa shape index (κ3) is 4.18. The van der Waals surface area contributed by atoms with Gasteiger partial charge in [0.25, 0.3) is 5.56 Å². The first-order chi connectivity index (χ1) is 14.2. The number of anilines is 1. The Labute approximate surface area is 172 Å². The Kier molecular flexibility index (Phi) is 5.27. The highest BCUT2D eigenvalue weighted by atomic mass is 19.4. The van der Waals surface area contributed by atoms with Gasteiger partial charge in [0.05, 0.1) is 16.6 Å². The average molecular weight is 416 g/mol. The van der Waals surface area contributed by atoms with Gasteiger partial charge in [-0.1, -0.05) is 6.07 Å². The molecular formula is C22H23F3N4O. The summed E-state index contributed by atoms with van der Waals surface area (Å²) >= 11 is 0. The lowest BCUT2D eigenvalue weighted by Gasteiger charge is -2.36. The molecule has 0 unspecified atom stereocenters. The summed E-state index contributed by atoms with van der Waals surface area (Å²) in [5, 5.41) is 0. The van der Waals surface area contributed by atoms with Crippen molar-refractivity contribution >= 4 is 16.7 Å². The molecule has 30 heavy (non-hydrogen) atoms. The van der Waals surface area contributed by atoms with Crippen molar-refractivity contribution in [3.8, 4) is 0 Å². The molecule has 0 amide bonds. The van der Waals surface area contributed by atoms with E-state index in [9.17, 15) is 18.0 Å². The molecule has 1 aromatic heterocycles. The fourth-order valence-electron chi connectivity index (χ4n) is 3.75. The maximum atomic E-state index is 13.0. The van der Waals surface area contributed by atoms with Crippen LogP contribution in [0.15, 0.2) is 41.2 Å². The van der Waals surface area contributed by atoms with Gasteiger partial charge in [-0.25, -0.2) is 4.98 Å². The van der Waals surface area contributed by atoms with Crippen LogP contribution in [0.25, 0.3) is 11.0 Å². The zero-order chi connectivity index (χ0) is 21.5. The zero-order valence-corrected chi connectivity index (χ0v) is 16.9. The van der Waals surface area contributed by atoms with Crippen molar-refractivity contribution in [1.29, 1.82) is 0 Å². The maximum Gasteiger partial charge on any atom is 0.416 e. The van der Waals surface area contributed by atoms with Gasteiger partial charge in [0, 0.05) is 38.4 Å². The van der Waals surface area contributed by atoms with Crippen molar-refractivity contribution in [2.75, 3.05) is 31.1 Å². The summed E-state index contributed by atoms with van der Waals surface area (Å²) in [5.74, 6) is 0. The molecule has 158 valence electrons. The van der Waals surface area contributed by atoms with Gasteiger partial charge in [0.2, 0.25) is 0 Å². The van der Waals surface area contributed by atoms with E-state index in [1.54, 1.807) is 6.07 Å². The molecule has 1 aliphatic heterocycles. The molecule has 0 radical (unpaired) electrons. The van der Waals surface area contributed by atoms with Crippen molar-refractivity contribution in [3.05, 3.63) is 69.1 Å². The molecule has 3 aromatic rings. The molecule has 2 aromatic carbocycles. The SMILES string of the molecule is Cc1cc2nc(CN3CCN(c4cccc(C(F)(F)F)c4)CC3)c(=O)[nH]c2cc1C. The number of rotatable bonds is 3. The van der Waals surface area contributed by atoms with E-state index >= 15 is 0 Å². The second-order valence-electron chi connectivity index (χ2n) is 7.78. The van der Waals surface area contributed by atoms with Gasteiger partial charge in [-0.05, 0) is 55.3 Å². The number of fused-ring (bicyclic) bond motifs is 1. The lowest BCUT2D eigenvalue weighted by atomic mass is 10.1. The quantitative estimate of drug-likeness (QED) is 0.704. The molecule has 2 heterocycles. The summed E-state index contributed by atoms with van der Waals surface area (Å²) in [5.41, 5.74) is 3.87. The van der Waals surface area contributed by atoms with E-state index in [-0.39, 0.29) is 5.56 Å². The lowest BCUT2D eigenvalue weighted by molar-refractivity contribution is -0.137. The molecule has 1 saturated heterocycles. The van der Waals surface area contributed by atoms with E-state index in [4.69, 9.17) is 0 Å². The van der Waals surface area contributed by atoms with Crippen LogP contribution in [-0.2, 0) is 12.7 Å². The van der Waals surface area contributed by atoms with Crippen LogP contribution < -0.4 is 10.5 Å². The second kappa shape index (κ2) is 7.75. The molecule has 0 aliphatic carbocycles. The summed E-state index contributed by atoms with van der Waals surface area (Å²) in [6, 6.07) is 9.31. The standard InChI is InChI=1S/C22H23F3N4O/c1-14-10-18-19(11-15(14)2)27-21(30)20(26-18)13-28-6-8-29(9-7-28)17-5-3-4-16(12-17)22(23,24)25/h3-5,10-12H,6-9,13H2,1-2H3,(H,27,30). The van der Waals surface area contributed by atoms with Crippen LogP contribution in [0.1, 0.15) is 22.4 Å². The molecule has 1 fully saturated rings. The van der Waals surface area contributed by atoms with Crippen LogP contribution >= 0.6 is 0 Å². The van der Waals surface area contributed by atoms with Crippen molar-refractivity contribution in [2.24, 2.45) is 0 Å². The first kappa shape index (κ1) is 20.4. The Bertz CT molecular complexity index is 1130. The molecule has 0 atom stereocenters. The smallest absolute Gasteiger partial charge is 0.369 e. The summed E-state index contributed by atoms with van der Waals surface area (Å²) in [4.78, 5) is 24.0. The first-order valence-electron chi connectivity index (χ1n) is 9.85. The summed E-state index contributed by atoms with van der Waals surface area (Å²) < 4.78 is 38.9. The summed E-state index contributed by atoms with van der Waals surface area (Å²) in [7, 11) is 0. The van der Waals surface area contributed by atoms with Crippen LogP contribution in [-0.4, -0.2) is 41.0 Å². The van der Waals surface area contributed by atoms with Crippen LogP contribution in [0.2, 0.25) is 0 Å². The zero-order valence-electron chi connectivity index (χ0n) is 16.9. The lowest BCUT2D eigenvalue weighted by Crippen LogP contribution is -2.46. The fraction of sp³-hybridized carbons (Fsp3) is 0.364. The van der Waals surface area contributed by atoms with Crippen LogP contribution in [0.4, 0.5) is 18.9 Å². The normalized spacial score (nSPS) is 15.7. The number of benzene rings is 2. The van der Waals surface area contributed by atoms with Crippen molar-refractivity contribution in [1.82, 2.24) is 14.9 Å². The van der Waals surface area contributed by atoms with E-state index in [1.165, 1.54) is 12.1 Å². The van der Waals surface area contributed by atoms with Gasteiger partial charge in [-0.3, -0.25) is 9.69 Å². The summed E-state index contributed by atoms with van der Waals surface area (Å²) in [6.07, 6.45) is -4.35. The predicted octanol–water partition coefficient (Wildman–Crippen LogP) is 3.88. The van der Waals surface area contributed by atoms with Gasteiger partial charge in [-0.15, -0.1) is 0 Å². The van der Waals surface area contributed by atoms with Crippen molar-refractivity contribution in [3.63, 3.8) is 0 Å². The van der Waals surface area contributed by atoms with Crippen LogP contribution in [0.3, 0.4) is 0 Å². The molecule has 0 spiro atoms. The molecule has 0 bridgehead atoms. The molecule has 5 nitrogen and oxygen atoms in total. The second-order valence-corrected chi connectivity index (χ2v) is 7.78. The molecule has 1 aliphatic rings. The minimum absolute atomic E-state index is 0.203. The number of piperazine rings is 1. The number of aromatic nitrogens is 2. The Morgan fingerprint density at radius 1 is 1.03 bits per heavy atom. The van der Waals surface area contributed by atoms with Gasteiger partial charge in [0.1, 0.15) is 5.69 Å². The van der Waals surface area contributed by atoms with Crippen LogP contribution in [0, 0.1) is 13.8 Å². The third-order valence-electron chi connectivity index (χ3n) is 5.66. The largest absolute Gasteiger partial charge is 0.416 e. The molecule has 1 N–H and O–H groups in total. The molecular weight excluding hydrogens is 393 g/mol. The Morgan fingerprint density at radius 3 is 2.43 bits per heavy atom. The van der Waals surface area contributed by atoms with Gasteiger partial charge in [-0.2, -0.15) is 13.2 Å². The monoisotopic (exact) mass is 416 g/mol. The number of alkyl halides is 3. The average Bonchev–Trinajstić information content (AvgIpc) is 2.70. The highest BCUT2D eigenvalue weighted by Gasteiger charge is 2.31. The van der Waals surface area contributed by atoms with E-state index in [1.807, 2.05) is 30.9 Å². The number of aromatic amines is 1. The van der Waals surface area contributed by atoms with Gasteiger partial charge in [0.15, 0.2) is 0 Å². The predicted molar refractivity (Wildman–Crippen MR) is 111 cm³/mol. The van der Waals surface area contributed by atoms with Gasteiger partial charge >= 0.3 is 6.18 Å². The number of nitrogens with one attached hydrogen (secondary N) is 1. The number of hydrogen-bond donors (Lipinski definition) is 1.